The van der Waals surface area contributed by atoms with Gasteiger partial charge in [-0.1, -0.05) is 0 Å². The Hall–Kier alpha value is -1.07. The number of H-pyrrole nitrogens is 1. The minimum Gasteiger partial charge on any atom is -0.504 e. The molecule has 0 amide bonds. The van der Waals surface area contributed by atoms with Crippen molar-refractivity contribution in [1.29, 1.82) is 0 Å². The maximum atomic E-state index is 8.71. The molecule has 0 spiro atoms. The molecule has 1 rings (SSSR count). The van der Waals surface area contributed by atoms with Crippen LogP contribution >= 0.6 is 0 Å². The number of aromatic hydroxyl groups is 1. The van der Waals surface area contributed by atoms with E-state index in [4.69, 9.17) is 15.3 Å². The molecule has 0 aromatic carbocycles. The summed E-state index contributed by atoms with van der Waals surface area (Å²) in [5, 5.41) is 31.1. The van der Waals surface area contributed by atoms with Crippen molar-refractivity contribution in [3.05, 3.63) is 11.9 Å². The van der Waals surface area contributed by atoms with Crippen molar-refractivity contribution in [2.24, 2.45) is 0 Å². The molecule has 9 heavy (non-hydrogen) atoms. The SMILES string of the molecule is Oc1cn[nH]c1C(O)O. The van der Waals surface area contributed by atoms with Gasteiger partial charge in [-0.3, -0.25) is 5.10 Å². The predicted molar refractivity (Wildman–Crippen MR) is 27.4 cm³/mol. The van der Waals surface area contributed by atoms with Crippen molar-refractivity contribution in [3.8, 4) is 5.75 Å². The van der Waals surface area contributed by atoms with Crippen LogP contribution in [0, 0.1) is 0 Å². The van der Waals surface area contributed by atoms with Crippen LogP contribution in [0.5, 0.6) is 5.75 Å². The first kappa shape index (κ1) is 6.06. The fourth-order valence-electron chi connectivity index (χ4n) is 0.480. The third-order valence-corrected chi connectivity index (χ3v) is 0.906. The Morgan fingerprint density at radius 3 is 2.44 bits per heavy atom. The molecule has 50 valence electrons. The summed E-state index contributed by atoms with van der Waals surface area (Å²) >= 11 is 0. The van der Waals surface area contributed by atoms with Crippen molar-refractivity contribution in [3.63, 3.8) is 0 Å². The molecule has 0 atom stereocenters. The van der Waals surface area contributed by atoms with Gasteiger partial charge in [-0.2, -0.15) is 5.10 Å². The van der Waals surface area contributed by atoms with E-state index in [-0.39, 0.29) is 11.4 Å². The molecule has 0 aliphatic heterocycles. The first-order chi connectivity index (χ1) is 4.22. The van der Waals surface area contributed by atoms with Crippen molar-refractivity contribution in [2.45, 2.75) is 6.29 Å². The van der Waals surface area contributed by atoms with Gasteiger partial charge in [-0.15, -0.1) is 0 Å². The lowest BCUT2D eigenvalue weighted by Gasteiger charge is -1.97. The summed E-state index contributed by atoms with van der Waals surface area (Å²) in [6.45, 7) is 0. The molecule has 0 radical (unpaired) electrons. The van der Waals surface area contributed by atoms with Gasteiger partial charge in [0.25, 0.3) is 0 Å². The number of aromatic amines is 1. The molecule has 0 bridgehead atoms. The van der Waals surface area contributed by atoms with Gasteiger partial charge in [0, 0.05) is 0 Å². The van der Waals surface area contributed by atoms with Crippen LogP contribution in [0.2, 0.25) is 0 Å². The van der Waals surface area contributed by atoms with Crippen LogP contribution in [0.1, 0.15) is 12.0 Å². The van der Waals surface area contributed by atoms with Crippen molar-refractivity contribution in [2.75, 3.05) is 0 Å². The summed E-state index contributed by atoms with van der Waals surface area (Å²) in [5.41, 5.74) is -0.0880. The number of nitrogens with zero attached hydrogens (tertiary/aromatic N) is 1. The number of nitrogens with one attached hydrogen (secondary N) is 1. The topological polar surface area (TPSA) is 89.4 Å². The molecule has 0 aliphatic carbocycles. The van der Waals surface area contributed by atoms with Crippen molar-refractivity contribution < 1.29 is 15.3 Å². The van der Waals surface area contributed by atoms with E-state index in [2.05, 4.69) is 10.2 Å². The zero-order valence-electron chi connectivity index (χ0n) is 4.44. The van der Waals surface area contributed by atoms with E-state index in [1.54, 1.807) is 0 Å². The molecule has 0 aliphatic rings. The minimum absolute atomic E-state index is 0.0880. The summed E-state index contributed by atoms with van der Waals surface area (Å²) in [6, 6.07) is 0. The Balaban J connectivity index is 2.94. The van der Waals surface area contributed by atoms with Crippen molar-refractivity contribution in [1.82, 2.24) is 10.2 Å². The van der Waals surface area contributed by atoms with E-state index in [9.17, 15) is 0 Å². The molecular formula is C4H6N2O3. The maximum Gasteiger partial charge on any atom is 0.199 e. The average Bonchev–Trinajstić information content (AvgIpc) is 2.13. The van der Waals surface area contributed by atoms with Gasteiger partial charge < -0.3 is 15.3 Å². The molecule has 1 heterocycles. The summed E-state index contributed by atoms with van der Waals surface area (Å²) < 4.78 is 0. The molecular weight excluding hydrogens is 124 g/mol. The third-order valence-electron chi connectivity index (χ3n) is 0.906. The lowest BCUT2D eigenvalue weighted by Crippen LogP contribution is -1.94. The van der Waals surface area contributed by atoms with Gasteiger partial charge in [0.2, 0.25) is 0 Å². The second-order valence-electron chi connectivity index (χ2n) is 1.54. The van der Waals surface area contributed by atoms with Gasteiger partial charge in [0.15, 0.2) is 12.0 Å². The highest BCUT2D eigenvalue weighted by Gasteiger charge is 2.09. The molecule has 5 heteroatoms. The van der Waals surface area contributed by atoms with E-state index in [1.165, 1.54) is 0 Å². The van der Waals surface area contributed by atoms with E-state index in [1.807, 2.05) is 0 Å². The van der Waals surface area contributed by atoms with Crippen molar-refractivity contribution >= 4 is 0 Å². The first-order valence-electron chi connectivity index (χ1n) is 2.30. The Morgan fingerprint density at radius 1 is 1.56 bits per heavy atom. The highest BCUT2D eigenvalue weighted by atomic mass is 16.5. The Kier molecular flexibility index (Phi) is 1.37. The molecule has 1 aromatic rings. The van der Waals surface area contributed by atoms with Gasteiger partial charge in [-0.25, -0.2) is 0 Å². The maximum absolute atomic E-state index is 8.71. The van der Waals surface area contributed by atoms with Gasteiger partial charge in [0.05, 0.1) is 6.20 Å². The van der Waals surface area contributed by atoms with Gasteiger partial charge in [-0.05, 0) is 0 Å². The van der Waals surface area contributed by atoms with E-state index < -0.39 is 6.29 Å². The number of hydrogen-bond donors (Lipinski definition) is 4. The highest BCUT2D eigenvalue weighted by molar-refractivity contribution is 5.21. The third kappa shape index (κ3) is 1.01. The van der Waals surface area contributed by atoms with E-state index in [0.29, 0.717) is 0 Å². The Bertz CT molecular complexity index is 195. The first-order valence-corrected chi connectivity index (χ1v) is 2.30. The summed E-state index contributed by atoms with van der Waals surface area (Å²) in [5.74, 6) is -0.245. The number of hydrogen-bond acceptors (Lipinski definition) is 4. The standard InChI is InChI=1S/C4H6N2O3/c7-2-1-5-6-3(2)4(8)9/h1,4,7-9H,(H,5,6). The molecule has 0 saturated carbocycles. The highest BCUT2D eigenvalue weighted by Crippen LogP contribution is 2.17. The largest absolute Gasteiger partial charge is 0.504 e. The number of aliphatic hydroxyl groups is 2. The monoisotopic (exact) mass is 130 g/mol. The van der Waals surface area contributed by atoms with Crippen LogP contribution in [0.3, 0.4) is 0 Å². The lowest BCUT2D eigenvalue weighted by molar-refractivity contribution is -0.0472. The lowest BCUT2D eigenvalue weighted by atomic mass is 10.4. The Morgan fingerprint density at radius 2 is 2.22 bits per heavy atom. The zero-order chi connectivity index (χ0) is 6.85. The molecule has 0 saturated heterocycles. The van der Waals surface area contributed by atoms with E-state index >= 15 is 0 Å². The normalized spacial score (nSPS) is 10.6. The Labute approximate surface area is 50.6 Å². The fourth-order valence-corrected chi connectivity index (χ4v) is 0.480. The molecule has 4 N–H and O–H groups in total. The molecule has 0 fully saturated rings. The van der Waals surface area contributed by atoms with Gasteiger partial charge >= 0.3 is 0 Å². The predicted octanol–water partition coefficient (Wildman–Crippen LogP) is -0.901. The average molecular weight is 130 g/mol. The molecule has 5 nitrogen and oxygen atoms in total. The minimum atomic E-state index is -1.69. The summed E-state index contributed by atoms with van der Waals surface area (Å²) in [4.78, 5) is 0. The van der Waals surface area contributed by atoms with E-state index in [0.717, 1.165) is 6.20 Å². The molecule has 0 unspecified atom stereocenters. The summed E-state index contributed by atoms with van der Waals surface area (Å²) in [7, 11) is 0. The molecule has 1 aromatic heterocycles. The zero-order valence-corrected chi connectivity index (χ0v) is 4.44. The van der Waals surface area contributed by atoms with Crippen LogP contribution in [-0.2, 0) is 0 Å². The summed E-state index contributed by atoms with van der Waals surface area (Å²) in [6.07, 6.45) is -0.595. The second kappa shape index (κ2) is 2.04. The number of aliphatic hydroxyl groups excluding tert-OH is 1. The number of rotatable bonds is 1. The number of aromatic nitrogens is 2. The quantitative estimate of drug-likeness (QED) is 0.371. The fraction of sp³-hybridized carbons (Fsp3) is 0.250. The smallest absolute Gasteiger partial charge is 0.199 e. The van der Waals surface area contributed by atoms with Crippen LogP contribution in [-0.4, -0.2) is 25.5 Å². The van der Waals surface area contributed by atoms with Crippen LogP contribution in [0.4, 0.5) is 0 Å². The van der Waals surface area contributed by atoms with Gasteiger partial charge in [0.1, 0.15) is 5.69 Å². The van der Waals surface area contributed by atoms with Crippen LogP contribution in [0.15, 0.2) is 6.20 Å². The second-order valence-corrected chi connectivity index (χ2v) is 1.54. The van der Waals surface area contributed by atoms with Crippen LogP contribution < -0.4 is 0 Å². The van der Waals surface area contributed by atoms with Crippen LogP contribution in [0.25, 0.3) is 0 Å².